The Morgan fingerprint density at radius 2 is 1.89 bits per heavy atom. The fourth-order valence-corrected chi connectivity index (χ4v) is 6.02. The summed E-state index contributed by atoms with van der Waals surface area (Å²) in [6, 6.07) is 3.86. The smallest absolute Gasteiger partial charge is 0.255 e. The number of nitrogens with zero attached hydrogens (tertiary/aromatic N) is 1. The maximum Gasteiger partial charge on any atom is 0.255 e. The molecular formula is C26H32N2O8. The first-order valence-corrected chi connectivity index (χ1v) is 12.0. The number of amides is 1. The molecule has 4 rings (SSSR count). The van der Waals surface area contributed by atoms with E-state index in [1.165, 1.54) is 19.0 Å². The van der Waals surface area contributed by atoms with E-state index in [2.05, 4.69) is 0 Å². The third-order valence-electron chi connectivity index (χ3n) is 7.74. The van der Waals surface area contributed by atoms with Crippen LogP contribution in [0.25, 0.3) is 0 Å². The second-order valence-electron chi connectivity index (χ2n) is 9.97. The highest BCUT2D eigenvalue weighted by Gasteiger charge is 2.67. The van der Waals surface area contributed by atoms with Crippen LogP contribution in [0.15, 0.2) is 40.9 Å². The van der Waals surface area contributed by atoms with Crippen LogP contribution in [0.1, 0.15) is 48.5 Å². The van der Waals surface area contributed by atoms with E-state index in [0.29, 0.717) is 17.9 Å². The van der Waals surface area contributed by atoms with Gasteiger partial charge < -0.3 is 30.9 Å². The van der Waals surface area contributed by atoms with Gasteiger partial charge in [-0.3, -0.25) is 19.3 Å². The van der Waals surface area contributed by atoms with Gasteiger partial charge in [-0.25, -0.2) is 0 Å². The number of carbonyl (C=O) groups excluding carboxylic acids is 3. The summed E-state index contributed by atoms with van der Waals surface area (Å²) in [5.74, 6) is -7.71. The molecule has 0 bridgehead atoms. The van der Waals surface area contributed by atoms with Crippen LogP contribution in [0.5, 0.6) is 5.75 Å². The van der Waals surface area contributed by atoms with Crippen molar-refractivity contribution in [2.45, 2.75) is 50.4 Å². The van der Waals surface area contributed by atoms with Crippen molar-refractivity contribution in [2.24, 2.45) is 17.6 Å². The van der Waals surface area contributed by atoms with Crippen molar-refractivity contribution >= 4 is 17.5 Å². The summed E-state index contributed by atoms with van der Waals surface area (Å²) in [4.78, 5) is 40.7. The molecule has 3 aliphatic carbocycles. The number of ether oxygens (including phenoxy) is 1. The van der Waals surface area contributed by atoms with Crippen LogP contribution in [0.3, 0.4) is 0 Å². The first kappa shape index (κ1) is 25.9. The number of hydrogen-bond donors (Lipinski definition) is 5. The average molecular weight is 501 g/mol. The molecule has 0 aliphatic heterocycles. The van der Waals surface area contributed by atoms with Crippen LogP contribution in [-0.4, -0.2) is 81.2 Å². The number of aliphatic hydroxyl groups is 4. The minimum absolute atomic E-state index is 0.189. The van der Waals surface area contributed by atoms with Crippen LogP contribution in [0.4, 0.5) is 0 Å². The van der Waals surface area contributed by atoms with Gasteiger partial charge in [0, 0.05) is 11.5 Å². The standard InChI is InChI=1S/C26H32N2O8/c1-5-6-10-36-13-9-7-8-12-11(2)14-16(20(29)15(12)13)23(32)26(35)18(21(14)30)19(28(3)4)22(31)17(24(26)33)25(27)34/h7-9,11,14,18-19,21,30-32,35H,5-6,10H2,1-4H3,(H2,27,34). The number of aliphatic hydroxyl groups excluding tert-OH is 3. The van der Waals surface area contributed by atoms with Gasteiger partial charge in [0.2, 0.25) is 5.78 Å². The Balaban J connectivity index is 1.97. The second-order valence-corrected chi connectivity index (χ2v) is 9.97. The lowest BCUT2D eigenvalue weighted by atomic mass is 9.55. The van der Waals surface area contributed by atoms with E-state index in [-0.39, 0.29) is 11.1 Å². The van der Waals surface area contributed by atoms with E-state index in [1.807, 2.05) is 6.92 Å². The molecule has 0 saturated heterocycles. The number of hydrogen-bond acceptors (Lipinski definition) is 9. The molecule has 6 atom stereocenters. The average Bonchev–Trinajstić information content (AvgIpc) is 2.81. The van der Waals surface area contributed by atoms with Gasteiger partial charge in [-0.05, 0) is 38.1 Å². The number of benzene rings is 1. The molecule has 6 N–H and O–H groups in total. The first-order valence-electron chi connectivity index (χ1n) is 12.0. The van der Waals surface area contributed by atoms with Crippen molar-refractivity contribution in [3.8, 4) is 5.75 Å². The molecular weight excluding hydrogens is 468 g/mol. The lowest BCUT2D eigenvalue weighted by Crippen LogP contribution is -2.68. The Morgan fingerprint density at radius 1 is 1.22 bits per heavy atom. The molecule has 0 radical (unpaired) electrons. The topological polar surface area (TPSA) is 171 Å². The third kappa shape index (κ3) is 3.39. The van der Waals surface area contributed by atoms with Gasteiger partial charge >= 0.3 is 0 Å². The molecule has 1 aromatic rings. The number of fused-ring (bicyclic) bond motifs is 3. The summed E-state index contributed by atoms with van der Waals surface area (Å²) in [6.07, 6.45) is 0.0905. The molecule has 0 heterocycles. The number of rotatable bonds is 6. The van der Waals surface area contributed by atoms with Gasteiger partial charge in [0.1, 0.15) is 22.8 Å². The van der Waals surface area contributed by atoms with Gasteiger partial charge in [0.05, 0.1) is 30.2 Å². The largest absolute Gasteiger partial charge is 0.510 e. The molecule has 36 heavy (non-hydrogen) atoms. The van der Waals surface area contributed by atoms with Gasteiger partial charge in [-0.15, -0.1) is 0 Å². The quantitative estimate of drug-likeness (QED) is 0.284. The Kier molecular flexibility index (Phi) is 6.48. The number of primary amides is 1. The van der Waals surface area contributed by atoms with E-state index in [9.17, 15) is 34.8 Å². The van der Waals surface area contributed by atoms with Gasteiger partial charge in [0.25, 0.3) is 5.91 Å². The number of carbonyl (C=O) groups is 3. The van der Waals surface area contributed by atoms with Gasteiger partial charge in [0.15, 0.2) is 11.4 Å². The van der Waals surface area contributed by atoms with Crippen molar-refractivity contribution in [2.75, 3.05) is 20.7 Å². The van der Waals surface area contributed by atoms with Crippen molar-refractivity contribution in [3.05, 3.63) is 52.0 Å². The van der Waals surface area contributed by atoms with Crippen LogP contribution >= 0.6 is 0 Å². The summed E-state index contributed by atoms with van der Waals surface area (Å²) in [5, 5.41) is 45.5. The predicted molar refractivity (Wildman–Crippen MR) is 129 cm³/mol. The van der Waals surface area contributed by atoms with E-state index < -0.39 is 70.1 Å². The van der Waals surface area contributed by atoms with Crippen molar-refractivity contribution in [1.29, 1.82) is 0 Å². The lowest BCUT2D eigenvalue weighted by Gasteiger charge is -2.53. The van der Waals surface area contributed by atoms with E-state index >= 15 is 0 Å². The highest BCUT2D eigenvalue weighted by molar-refractivity contribution is 6.25. The summed E-state index contributed by atoms with van der Waals surface area (Å²) < 4.78 is 5.84. The Hall–Kier alpha value is -3.21. The summed E-state index contributed by atoms with van der Waals surface area (Å²) in [5.41, 5.74) is 2.07. The summed E-state index contributed by atoms with van der Waals surface area (Å²) >= 11 is 0. The molecule has 0 aromatic heterocycles. The second kappa shape index (κ2) is 9.02. The molecule has 0 spiro atoms. The zero-order chi connectivity index (χ0) is 26.7. The molecule has 0 fully saturated rings. The summed E-state index contributed by atoms with van der Waals surface area (Å²) in [7, 11) is 3.03. The Bertz CT molecular complexity index is 1200. The maximum atomic E-state index is 13.8. The highest BCUT2D eigenvalue weighted by atomic mass is 16.5. The van der Waals surface area contributed by atoms with Gasteiger partial charge in [-0.1, -0.05) is 32.4 Å². The number of ketones is 2. The van der Waals surface area contributed by atoms with E-state index in [1.54, 1.807) is 25.1 Å². The van der Waals surface area contributed by atoms with Crippen molar-refractivity contribution in [1.82, 2.24) is 4.90 Å². The molecule has 10 heteroatoms. The third-order valence-corrected chi connectivity index (χ3v) is 7.74. The van der Waals surface area contributed by atoms with Crippen molar-refractivity contribution < 1.29 is 39.5 Å². The maximum absolute atomic E-state index is 13.8. The van der Waals surface area contributed by atoms with Gasteiger partial charge in [-0.2, -0.15) is 0 Å². The van der Waals surface area contributed by atoms with Crippen LogP contribution < -0.4 is 10.5 Å². The minimum atomic E-state index is -2.86. The Labute approximate surface area is 208 Å². The molecule has 10 nitrogen and oxygen atoms in total. The van der Waals surface area contributed by atoms with Crippen molar-refractivity contribution in [3.63, 3.8) is 0 Å². The number of Topliss-reactive ketones (excluding diaryl/α,β-unsaturated/α-hetero) is 2. The fourth-order valence-electron chi connectivity index (χ4n) is 6.02. The van der Waals surface area contributed by atoms with Crippen LogP contribution in [0, 0.1) is 11.8 Å². The SMILES string of the molecule is CCCCOc1cccc2c1C(=O)C1=C(O)C3(O)C(=O)C(C(N)=O)=C(O)C(N(C)C)C3C(O)C1C2C. The zero-order valence-electron chi connectivity index (χ0n) is 20.7. The fraction of sp³-hybridized carbons (Fsp3) is 0.500. The zero-order valence-corrected chi connectivity index (χ0v) is 20.7. The lowest BCUT2D eigenvalue weighted by molar-refractivity contribution is -0.162. The van der Waals surface area contributed by atoms with E-state index in [4.69, 9.17) is 10.5 Å². The molecule has 1 amide bonds. The number of unbranched alkanes of at least 4 members (excludes halogenated alkanes) is 1. The molecule has 3 aliphatic rings. The number of nitrogens with two attached hydrogens (primary N) is 1. The molecule has 6 unspecified atom stereocenters. The molecule has 194 valence electrons. The predicted octanol–water partition coefficient (Wildman–Crippen LogP) is 1.13. The Morgan fingerprint density at radius 3 is 2.47 bits per heavy atom. The minimum Gasteiger partial charge on any atom is -0.510 e. The monoisotopic (exact) mass is 500 g/mol. The van der Waals surface area contributed by atoms with Crippen LogP contribution in [-0.2, 0) is 9.59 Å². The first-order chi connectivity index (χ1) is 16.9. The highest BCUT2D eigenvalue weighted by Crippen LogP contribution is 2.55. The van der Waals surface area contributed by atoms with E-state index in [0.717, 1.165) is 12.8 Å². The van der Waals surface area contributed by atoms with Crippen LogP contribution in [0.2, 0.25) is 0 Å². The summed E-state index contributed by atoms with van der Waals surface area (Å²) in [6.45, 7) is 4.14. The number of likely N-dealkylation sites (N-methyl/N-ethyl adjacent to an activating group) is 1. The molecule has 1 aromatic carbocycles. The normalized spacial score (nSPS) is 31.8. The molecule has 0 saturated carbocycles.